The zero-order valence-electron chi connectivity index (χ0n) is 16.9. The van der Waals surface area contributed by atoms with E-state index in [4.69, 9.17) is 23.2 Å². The maximum atomic E-state index is 12.7. The third-order valence-electron chi connectivity index (χ3n) is 6.26. The minimum absolute atomic E-state index is 0.0181. The van der Waals surface area contributed by atoms with Crippen LogP contribution < -0.4 is 10.6 Å². The lowest BCUT2D eigenvalue weighted by Gasteiger charge is -2.18. The molecule has 6 nitrogen and oxygen atoms in total. The number of benzene rings is 1. The second-order valence-corrected chi connectivity index (χ2v) is 9.01. The number of carbonyl (C=O) groups is 2. The van der Waals surface area contributed by atoms with Gasteiger partial charge in [-0.05, 0) is 54.9 Å². The average molecular weight is 449 g/mol. The molecule has 1 aromatic carbocycles. The summed E-state index contributed by atoms with van der Waals surface area (Å²) in [5, 5.41) is 7.74. The Morgan fingerprint density at radius 3 is 2.23 bits per heavy atom. The van der Waals surface area contributed by atoms with Gasteiger partial charge in [0.2, 0.25) is 11.8 Å². The van der Waals surface area contributed by atoms with Crippen molar-refractivity contribution in [1.82, 2.24) is 15.5 Å². The Hall–Kier alpha value is -2.05. The quantitative estimate of drug-likeness (QED) is 0.221. The van der Waals surface area contributed by atoms with E-state index in [-0.39, 0.29) is 35.5 Å². The Bertz CT molecular complexity index is 851. The first-order valence-electron chi connectivity index (χ1n) is 10.4. The molecule has 4 atom stereocenters. The molecule has 160 valence electrons. The first kappa shape index (κ1) is 21.2. The van der Waals surface area contributed by atoms with Crippen LogP contribution in [-0.4, -0.2) is 49.4 Å². The van der Waals surface area contributed by atoms with Crippen molar-refractivity contribution < 1.29 is 9.59 Å². The minimum atomic E-state index is -0.116. The monoisotopic (exact) mass is 448 g/mol. The molecule has 0 radical (unpaired) electrons. The van der Waals surface area contributed by atoms with Crippen LogP contribution in [0.2, 0.25) is 10.0 Å². The third-order valence-corrected chi connectivity index (χ3v) is 6.70. The number of allylic oxidation sites excluding steroid dienone is 2. The highest BCUT2D eigenvalue weighted by atomic mass is 35.5. The van der Waals surface area contributed by atoms with Crippen LogP contribution >= 0.6 is 23.2 Å². The molecule has 2 aliphatic carbocycles. The smallest absolute Gasteiger partial charge is 0.233 e. The normalized spacial score (nSPS) is 27.2. The van der Waals surface area contributed by atoms with Crippen molar-refractivity contribution in [2.75, 3.05) is 26.7 Å². The largest absolute Gasteiger partial charge is 0.356 e. The highest BCUT2D eigenvalue weighted by Gasteiger charge is 2.58. The fraction of sp³-hybridized carbons (Fsp3) is 0.500. The van der Waals surface area contributed by atoms with E-state index >= 15 is 0 Å². The highest BCUT2D eigenvalue weighted by Crippen LogP contribution is 2.52. The van der Waals surface area contributed by atoms with Crippen molar-refractivity contribution in [3.63, 3.8) is 0 Å². The summed E-state index contributed by atoms with van der Waals surface area (Å²) in [5.41, 5.74) is 1.05. The van der Waals surface area contributed by atoms with Crippen molar-refractivity contribution in [2.45, 2.75) is 19.3 Å². The Morgan fingerprint density at radius 2 is 1.63 bits per heavy atom. The Balaban J connectivity index is 1.18. The van der Waals surface area contributed by atoms with Gasteiger partial charge in [0.15, 0.2) is 5.96 Å². The van der Waals surface area contributed by atoms with Gasteiger partial charge < -0.3 is 10.6 Å². The van der Waals surface area contributed by atoms with Gasteiger partial charge in [-0.15, -0.1) is 0 Å². The van der Waals surface area contributed by atoms with E-state index in [1.54, 1.807) is 13.1 Å². The number of amides is 2. The number of carbonyl (C=O) groups excluding carboxylic acids is 2. The molecular formula is C22H26Cl2N4O2. The maximum Gasteiger partial charge on any atom is 0.233 e. The fourth-order valence-corrected chi connectivity index (χ4v) is 5.50. The van der Waals surface area contributed by atoms with E-state index in [2.05, 4.69) is 27.8 Å². The molecule has 2 fully saturated rings. The van der Waals surface area contributed by atoms with Gasteiger partial charge in [-0.2, -0.15) is 0 Å². The second-order valence-electron chi connectivity index (χ2n) is 8.14. The average Bonchev–Trinajstić information content (AvgIpc) is 3.38. The Labute approximate surface area is 186 Å². The lowest BCUT2D eigenvalue weighted by atomic mass is 9.85. The van der Waals surface area contributed by atoms with Crippen molar-refractivity contribution in [1.29, 1.82) is 0 Å². The summed E-state index contributed by atoms with van der Waals surface area (Å²) >= 11 is 12.1. The summed E-state index contributed by atoms with van der Waals surface area (Å²) in [4.78, 5) is 31.1. The van der Waals surface area contributed by atoms with Crippen LogP contribution in [0.15, 0.2) is 35.3 Å². The molecule has 4 rings (SSSR count). The standard InChI is InChI=1S/C22H26Cl2N4O2/c1-25-22(27-7-5-13-9-16(23)12-17(24)10-13)26-6-2-8-28-20(29)18-14-3-4-15(11-14)19(18)21(28)30/h3-4,9-10,12,14-15,18-19H,2,5-8,11H2,1H3,(H2,25,26,27). The van der Waals surface area contributed by atoms with Crippen LogP contribution in [-0.2, 0) is 16.0 Å². The van der Waals surface area contributed by atoms with E-state index in [0.29, 0.717) is 42.1 Å². The molecule has 2 bridgehead atoms. The molecule has 30 heavy (non-hydrogen) atoms. The summed E-state index contributed by atoms with van der Waals surface area (Å²) in [7, 11) is 1.71. The predicted molar refractivity (Wildman–Crippen MR) is 119 cm³/mol. The van der Waals surface area contributed by atoms with Crippen LogP contribution in [0.1, 0.15) is 18.4 Å². The van der Waals surface area contributed by atoms with Gasteiger partial charge in [0, 0.05) is 36.7 Å². The molecule has 8 heteroatoms. The fourth-order valence-electron chi connectivity index (χ4n) is 4.93. The number of guanidine groups is 1. The van der Waals surface area contributed by atoms with Crippen molar-refractivity contribution in [2.24, 2.45) is 28.7 Å². The molecular weight excluding hydrogens is 423 g/mol. The van der Waals surface area contributed by atoms with Crippen LogP contribution in [0.25, 0.3) is 0 Å². The van der Waals surface area contributed by atoms with Crippen molar-refractivity contribution in [3.8, 4) is 0 Å². The number of imide groups is 1. The number of hydrogen-bond donors (Lipinski definition) is 2. The number of hydrogen-bond acceptors (Lipinski definition) is 3. The van der Waals surface area contributed by atoms with Crippen molar-refractivity contribution in [3.05, 3.63) is 46.0 Å². The summed E-state index contributed by atoms with van der Waals surface area (Å²) in [6.07, 6.45) is 6.65. The number of nitrogens with zero attached hydrogens (tertiary/aromatic N) is 2. The van der Waals surface area contributed by atoms with E-state index in [9.17, 15) is 9.59 Å². The molecule has 1 heterocycles. The topological polar surface area (TPSA) is 73.8 Å². The van der Waals surface area contributed by atoms with E-state index < -0.39 is 0 Å². The molecule has 1 aliphatic heterocycles. The van der Waals surface area contributed by atoms with Gasteiger partial charge >= 0.3 is 0 Å². The predicted octanol–water partition coefficient (Wildman–Crippen LogP) is 2.90. The molecule has 1 saturated heterocycles. The van der Waals surface area contributed by atoms with Gasteiger partial charge in [0.1, 0.15) is 0 Å². The zero-order valence-corrected chi connectivity index (χ0v) is 18.4. The molecule has 2 N–H and O–H groups in total. The number of aliphatic imine (C=N–C) groups is 1. The van der Waals surface area contributed by atoms with Crippen LogP contribution in [0, 0.1) is 23.7 Å². The summed E-state index contributed by atoms with van der Waals surface area (Å²) in [5.74, 6) is 1.01. The molecule has 0 aromatic heterocycles. The zero-order chi connectivity index (χ0) is 21.3. The van der Waals surface area contributed by atoms with Gasteiger partial charge in [-0.25, -0.2) is 0 Å². The second kappa shape index (κ2) is 8.98. The van der Waals surface area contributed by atoms with Gasteiger partial charge in [-0.1, -0.05) is 35.4 Å². The van der Waals surface area contributed by atoms with Gasteiger partial charge in [0.25, 0.3) is 0 Å². The summed E-state index contributed by atoms with van der Waals surface area (Å²) in [6, 6.07) is 5.50. The van der Waals surface area contributed by atoms with Gasteiger partial charge in [-0.3, -0.25) is 19.5 Å². The number of fused-ring (bicyclic) bond motifs is 5. The Morgan fingerprint density at radius 1 is 1.03 bits per heavy atom. The lowest BCUT2D eigenvalue weighted by Crippen LogP contribution is -2.40. The summed E-state index contributed by atoms with van der Waals surface area (Å²) in [6.45, 7) is 1.76. The van der Waals surface area contributed by atoms with Crippen LogP contribution in [0.4, 0.5) is 0 Å². The third kappa shape index (κ3) is 4.21. The number of halogens is 2. The van der Waals surface area contributed by atoms with E-state index in [1.807, 2.05) is 12.1 Å². The van der Waals surface area contributed by atoms with Crippen molar-refractivity contribution >= 4 is 41.0 Å². The molecule has 2 amide bonds. The summed E-state index contributed by atoms with van der Waals surface area (Å²) < 4.78 is 0. The van der Waals surface area contributed by atoms with E-state index in [0.717, 1.165) is 18.4 Å². The number of nitrogens with one attached hydrogen (secondary N) is 2. The molecule has 0 spiro atoms. The first-order valence-corrected chi connectivity index (χ1v) is 11.2. The SMILES string of the molecule is CN=C(NCCCN1C(=O)C2C3C=CC(C3)C2C1=O)NCCc1cc(Cl)cc(Cl)c1. The molecule has 1 saturated carbocycles. The molecule has 3 aliphatic rings. The number of likely N-dealkylation sites (tertiary alicyclic amines) is 1. The Kier molecular flexibility index (Phi) is 6.34. The van der Waals surface area contributed by atoms with Crippen LogP contribution in [0.5, 0.6) is 0 Å². The molecule has 1 aromatic rings. The van der Waals surface area contributed by atoms with E-state index in [1.165, 1.54) is 4.90 Å². The highest BCUT2D eigenvalue weighted by molar-refractivity contribution is 6.34. The first-order chi connectivity index (χ1) is 14.5. The van der Waals surface area contributed by atoms with Crippen LogP contribution in [0.3, 0.4) is 0 Å². The van der Waals surface area contributed by atoms with Gasteiger partial charge in [0.05, 0.1) is 11.8 Å². The lowest BCUT2D eigenvalue weighted by molar-refractivity contribution is -0.140. The minimum Gasteiger partial charge on any atom is -0.356 e. The maximum absolute atomic E-state index is 12.7. The number of rotatable bonds is 7. The molecule has 4 unspecified atom stereocenters.